The van der Waals surface area contributed by atoms with E-state index in [9.17, 15) is 14.3 Å². The summed E-state index contributed by atoms with van der Waals surface area (Å²) in [6.07, 6.45) is 6.65. The molecule has 10 heteroatoms. The number of hydrogen-bond acceptors (Lipinski definition) is 4. The molecule has 0 radical (unpaired) electrons. The maximum absolute atomic E-state index is 14.4. The lowest BCUT2D eigenvalue weighted by Gasteiger charge is -2.25. The summed E-state index contributed by atoms with van der Waals surface area (Å²) in [5, 5.41) is 19.7. The van der Waals surface area contributed by atoms with Crippen LogP contribution in [0.25, 0.3) is 11.4 Å². The van der Waals surface area contributed by atoms with E-state index >= 15 is 0 Å². The van der Waals surface area contributed by atoms with Crippen LogP contribution in [0.3, 0.4) is 0 Å². The van der Waals surface area contributed by atoms with Gasteiger partial charge in [0.05, 0.1) is 17.4 Å². The molecule has 35 heavy (non-hydrogen) atoms. The van der Waals surface area contributed by atoms with E-state index in [1.807, 2.05) is 47.3 Å². The minimum atomic E-state index is -1.27. The molecule has 1 unspecified atom stereocenters. The lowest BCUT2D eigenvalue weighted by molar-refractivity contribution is 0.0170. The molecule has 2 aromatic heterocycles. The SMILES string of the molecule is O=C(c1cc(Br)ccc1-n1cccc1)N1CCCC(O)(c2cn(-c3c(F)cccc3Br)nn2)CC1. The summed E-state index contributed by atoms with van der Waals surface area (Å²) in [4.78, 5) is 15.3. The molecule has 1 amide bonds. The zero-order valence-electron chi connectivity index (χ0n) is 18.6. The van der Waals surface area contributed by atoms with Crippen LogP contribution in [0, 0.1) is 5.82 Å². The zero-order chi connectivity index (χ0) is 24.6. The molecule has 1 N–H and O–H groups in total. The predicted octanol–water partition coefficient (Wildman–Crippen LogP) is 5.24. The van der Waals surface area contributed by atoms with Crippen molar-refractivity contribution in [3.63, 3.8) is 0 Å². The Morgan fingerprint density at radius 3 is 2.63 bits per heavy atom. The molecular weight excluding hydrogens is 581 g/mol. The van der Waals surface area contributed by atoms with E-state index in [-0.39, 0.29) is 11.6 Å². The van der Waals surface area contributed by atoms with Crippen LogP contribution in [0.2, 0.25) is 0 Å². The molecule has 2 aromatic carbocycles. The normalized spacial score (nSPS) is 18.5. The molecule has 4 aromatic rings. The third kappa shape index (κ3) is 4.70. The Balaban J connectivity index is 1.38. The second kappa shape index (κ2) is 9.67. The van der Waals surface area contributed by atoms with E-state index < -0.39 is 11.4 Å². The van der Waals surface area contributed by atoms with Gasteiger partial charge in [0.25, 0.3) is 5.91 Å². The van der Waals surface area contributed by atoms with Crippen molar-refractivity contribution in [2.75, 3.05) is 13.1 Å². The molecule has 1 aliphatic heterocycles. The number of amides is 1. The van der Waals surface area contributed by atoms with Gasteiger partial charge in [-0.05, 0) is 77.7 Å². The van der Waals surface area contributed by atoms with Crippen LogP contribution in [0.1, 0.15) is 35.3 Å². The average molecular weight is 603 g/mol. The minimum Gasteiger partial charge on any atom is -0.383 e. The monoisotopic (exact) mass is 601 g/mol. The summed E-state index contributed by atoms with van der Waals surface area (Å²) in [5.74, 6) is -0.550. The van der Waals surface area contributed by atoms with Crippen molar-refractivity contribution in [1.82, 2.24) is 24.5 Å². The molecule has 0 aliphatic carbocycles. The van der Waals surface area contributed by atoms with Crippen molar-refractivity contribution in [3.05, 3.63) is 93.1 Å². The number of likely N-dealkylation sites (tertiary alicyclic amines) is 1. The van der Waals surface area contributed by atoms with Crippen LogP contribution in [0.5, 0.6) is 0 Å². The standard InChI is InChI=1S/C25H22Br2FN5O2/c26-17-7-8-21(31-11-1-2-12-31)18(15-17)24(34)32-13-4-9-25(35,10-14-32)22-16-33(30-29-22)23-19(27)5-3-6-20(23)28/h1-3,5-8,11-12,15-16,35H,4,9-10,13-14H2. The fourth-order valence-corrected chi connectivity index (χ4v) is 5.33. The third-order valence-corrected chi connectivity index (χ3v) is 7.44. The lowest BCUT2D eigenvalue weighted by Crippen LogP contribution is -2.34. The number of aliphatic hydroxyl groups is 1. The number of carbonyl (C=O) groups excluding carboxylic acids is 1. The van der Waals surface area contributed by atoms with Crippen LogP contribution in [0.4, 0.5) is 4.39 Å². The first-order valence-electron chi connectivity index (χ1n) is 11.2. The first kappa shape index (κ1) is 23.9. The topological polar surface area (TPSA) is 76.2 Å². The van der Waals surface area contributed by atoms with Gasteiger partial charge in [-0.15, -0.1) is 5.10 Å². The molecule has 5 rings (SSSR count). The van der Waals surface area contributed by atoms with Crippen molar-refractivity contribution in [1.29, 1.82) is 0 Å². The molecule has 1 aliphatic rings. The van der Waals surface area contributed by atoms with Crippen LogP contribution >= 0.6 is 31.9 Å². The highest BCUT2D eigenvalue weighted by Gasteiger charge is 2.36. The Morgan fingerprint density at radius 2 is 1.86 bits per heavy atom. The number of aromatic nitrogens is 4. The van der Waals surface area contributed by atoms with E-state index in [1.165, 1.54) is 10.7 Å². The highest BCUT2D eigenvalue weighted by atomic mass is 79.9. The second-order valence-corrected chi connectivity index (χ2v) is 10.3. The summed E-state index contributed by atoms with van der Waals surface area (Å²) in [6.45, 7) is 0.856. The number of halogens is 3. The van der Waals surface area contributed by atoms with E-state index in [0.717, 1.165) is 10.2 Å². The summed E-state index contributed by atoms with van der Waals surface area (Å²) in [6, 6.07) is 14.1. The highest BCUT2D eigenvalue weighted by molar-refractivity contribution is 9.10. The molecule has 1 fully saturated rings. The first-order chi connectivity index (χ1) is 16.9. The van der Waals surface area contributed by atoms with Gasteiger partial charge >= 0.3 is 0 Å². The van der Waals surface area contributed by atoms with E-state index in [4.69, 9.17) is 0 Å². The van der Waals surface area contributed by atoms with Crippen molar-refractivity contribution in [3.8, 4) is 11.4 Å². The van der Waals surface area contributed by atoms with Crippen molar-refractivity contribution in [2.24, 2.45) is 0 Å². The van der Waals surface area contributed by atoms with Crippen molar-refractivity contribution >= 4 is 37.8 Å². The molecular formula is C25H22Br2FN5O2. The number of nitrogens with zero attached hydrogens (tertiary/aromatic N) is 5. The molecule has 1 saturated heterocycles. The van der Waals surface area contributed by atoms with Gasteiger partial charge in [0, 0.05) is 34.4 Å². The Labute approximate surface area is 218 Å². The number of benzene rings is 2. The quantitative estimate of drug-likeness (QED) is 0.347. The number of rotatable bonds is 4. The molecule has 0 spiro atoms. The van der Waals surface area contributed by atoms with E-state index in [1.54, 1.807) is 23.2 Å². The molecule has 0 bridgehead atoms. The average Bonchev–Trinajstić information content (AvgIpc) is 3.50. The van der Waals surface area contributed by atoms with E-state index in [2.05, 4.69) is 42.2 Å². The lowest BCUT2D eigenvalue weighted by atomic mass is 9.92. The number of hydrogen-bond donors (Lipinski definition) is 1. The van der Waals surface area contributed by atoms with Gasteiger partial charge < -0.3 is 14.6 Å². The molecule has 7 nitrogen and oxygen atoms in total. The Morgan fingerprint density at radius 1 is 1.06 bits per heavy atom. The van der Waals surface area contributed by atoms with Gasteiger partial charge in [-0.1, -0.05) is 27.2 Å². The maximum Gasteiger partial charge on any atom is 0.256 e. The minimum absolute atomic E-state index is 0.0989. The van der Waals surface area contributed by atoms with Crippen LogP contribution in [0.15, 0.2) is 76.1 Å². The smallest absolute Gasteiger partial charge is 0.256 e. The van der Waals surface area contributed by atoms with Crippen LogP contribution in [-0.4, -0.2) is 48.6 Å². The fourth-order valence-electron chi connectivity index (χ4n) is 4.44. The van der Waals surface area contributed by atoms with Gasteiger partial charge in [0.2, 0.25) is 0 Å². The Bertz CT molecular complexity index is 1350. The van der Waals surface area contributed by atoms with Gasteiger partial charge in [0.15, 0.2) is 0 Å². The Kier molecular flexibility index (Phi) is 6.61. The third-order valence-electron chi connectivity index (χ3n) is 6.31. The summed E-state index contributed by atoms with van der Waals surface area (Å²) in [7, 11) is 0. The van der Waals surface area contributed by atoms with Crippen LogP contribution < -0.4 is 0 Å². The van der Waals surface area contributed by atoms with Crippen LogP contribution in [-0.2, 0) is 5.60 Å². The van der Waals surface area contributed by atoms with Crippen molar-refractivity contribution in [2.45, 2.75) is 24.9 Å². The molecule has 3 heterocycles. The molecule has 1 atom stereocenters. The summed E-state index contributed by atoms with van der Waals surface area (Å²) < 4.78 is 19.0. The van der Waals surface area contributed by atoms with Gasteiger partial charge in [-0.25, -0.2) is 9.07 Å². The zero-order valence-corrected chi connectivity index (χ0v) is 21.8. The fraction of sp³-hybridized carbons (Fsp3) is 0.240. The van der Waals surface area contributed by atoms with Gasteiger partial charge in [-0.2, -0.15) is 0 Å². The predicted molar refractivity (Wildman–Crippen MR) is 136 cm³/mol. The number of carbonyl (C=O) groups is 1. The molecule has 0 saturated carbocycles. The highest BCUT2D eigenvalue weighted by Crippen LogP contribution is 2.33. The van der Waals surface area contributed by atoms with Gasteiger partial charge in [0.1, 0.15) is 22.8 Å². The van der Waals surface area contributed by atoms with Gasteiger partial charge in [-0.3, -0.25) is 4.79 Å². The number of para-hydroxylation sites is 1. The molecule has 180 valence electrons. The second-order valence-electron chi connectivity index (χ2n) is 8.55. The Hall–Kier alpha value is -2.82. The summed E-state index contributed by atoms with van der Waals surface area (Å²) >= 11 is 6.83. The van der Waals surface area contributed by atoms with E-state index in [0.29, 0.717) is 48.1 Å². The van der Waals surface area contributed by atoms with Crippen molar-refractivity contribution < 1.29 is 14.3 Å². The summed E-state index contributed by atoms with van der Waals surface area (Å²) in [5.41, 5.74) is 0.688. The maximum atomic E-state index is 14.4. The first-order valence-corrected chi connectivity index (χ1v) is 12.8. The largest absolute Gasteiger partial charge is 0.383 e.